The fraction of sp³-hybridized carbons (Fsp3) is 0.0448. The predicted octanol–water partition coefficient (Wildman–Crippen LogP) is 13.2. The van der Waals surface area contributed by atoms with Gasteiger partial charge in [-0.05, 0) is 148 Å². The minimum Gasteiger partial charge on any atom is -0.333 e. The average Bonchev–Trinajstić information content (AvgIpc) is 3.61. The van der Waals surface area contributed by atoms with Crippen LogP contribution in [-0.4, -0.2) is 19.5 Å². The molecule has 10 aromatic carbocycles. The summed E-state index contributed by atoms with van der Waals surface area (Å²) in [5.41, 5.74) is 28.3. The Morgan fingerprint density at radius 3 is 0.907 bits per heavy atom. The first-order chi connectivity index (χ1) is 37.2. The number of fused-ring (bicyclic) bond motifs is 2. The minimum atomic E-state index is -0.118. The Morgan fingerprint density at radius 2 is 0.547 bits per heavy atom. The summed E-state index contributed by atoms with van der Waals surface area (Å²) >= 11 is 0. The average molecular weight is 957 g/mol. The minimum absolute atomic E-state index is 0.00304. The highest BCUT2D eigenvalue weighted by Gasteiger charge is 2.58. The molecule has 1 aliphatic carbocycles. The van der Waals surface area contributed by atoms with Gasteiger partial charge in [0.25, 0.3) is 13.4 Å². The molecule has 0 spiro atoms. The molecule has 17 rings (SSSR count). The van der Waals surface area contributed by atoms with Crippen LogP contribution in [0.25, 0.3) is 0 Å². The maximum atomic E-state index is 2.79. The van der Waals surface area contributed by atoms with E-state index in [1.54, 1.807) is 0 Å². The smallest absolute Gasteiger partial charge is 0.257 e. The summed E-state index contributed by atoms with van der Waals surface area (Å²) < 4.78 is 0. The summed E-state index contributed by atoms with van der Waals surface area (Å²) in [6, 6.07) is 83.8. The molecule has 2 atom stereocenters. The lowest BCUT2D eigenvalue weighted by Gasteiger charge is -2.56. The van der Waals surface area contributed by atoms with Crippen molar-refractivity contribution in [2.24, 2.45) is 5.92 Å². The molecule has 0 radical (unpaired) electrons. The van der Waals surface area contributed by atoms with Crippen molar-refractivity contribution in [1.82, 2.24) is 0 Å². The molecule has 2 unspecified atom stereocenters. The monoisotopic (exact) mass is 956 g/mol. The Balaban J connectivity index is 1.12. The summed E-state index contributed by atoms with van der Waals surface area (Å²) in [5, 5.41) is 0. The number of hydrogen-bond donors (Lipinski definition) is 0. The van der Waals surface area contributed by atoms with Crippen LogP contribution in [0.1, 0.15) is 6.92 Å². The van der Waals surface area contributed by atoms with Crippen LogP contribution in [0.15, 0.2) is 249 Å². The van der Waals surface area contributed by atoms with Gasteiger partial charge in [0.15, 0.2) is 0 Å². The van der Waals surface area contributed by atoms with E-state index in [9.17, 15) is 0 Å². The molecule has 0 aromatic heterocycles. The summed E-state index contributed by atoms with van der Waals surface area (Å²) in [7, 11) is 0. The van der Waals surface area contributed by atoms with Gasteiger partial charge in [-0.25, -0.2) is 0 Å². The summed E-state index contributed by atoms with van der Waals surface area (Å²) in [5.74, 6) is 0.196. The molecule has 0 amide bonds. The van der Waals surface area contributed by atoms with Gasteiger partial charge in [-0.3, -0.25) is 0 Å². The van der Waals surface area contributed by atoms with Crippen molar-refractivity contribution in [2.45, 2.75) is 13.0 Å². The highest BCUT2D eigenvalue weighted by Crippen LogP contribution is 2.60. The van der Waals surface area contributed by atoms with Crippen molar-refractivity contribution in [3.05, 3.63) is 249 Å². The Hall–Kier alpha value is -9.39. The third-order valence-electron chi connectivity index (χ3n) is 17.0. The summed E-state index contributed by atoms with van der Waals surface area (Å²) in [6.07, 6.45) is 9.37. The number of allylic oxidation sites excluding steroid dienone is 2. The maximum absolute atomic E-state index is 2.79. The number of nitrogens with zero attached hydrogens (tertiary/aromatic N) is 6. The first kappa shape index (κ1) is 41.1. The van der Waals surface area contributed by atoms with Gasteiger partial charge in [-0.2, -0.15) is 0 Å². The lowest BCUT2D eigenvalue weighted by atomic mass is 9.29. The van der Waals surface area contributed by atoms with E-state index in [4.69, 9.17) is 0 Å². The van der Waals surface area contributed by atoms with E-state index in [1.807, 2.05) is 0 Å². The number of para-hydroxylation sites is 5. The predicted molar refractivity (Wildman–Crippen MR) is 316 cm³/mol. The van der Waals surface area contributed by atoms with Gasteiger partial charge in [-0.1, -0.05) is 146 Å². The van der Waals surface area contributed by atoms with Crippen LogP contribution in [0, 0.1) is 5.92 Å². The molecule has 350 valence electrons. The topological polar surface area (TPSA) is 19.4 Å². The first-order valence-electron chi connectivity index (χ1n) is 26.4. The van der Waals surface area contributed by atoms with E-state index in [2.05, 4.69) is 285 Å². The van der Waals surface area contributed by atoms with Crippen LogP contribution in [0.4, 0.5) is 96.7 Å². The molecule has 6 aliphatic heterocycles. The first-order valence-corrected chi connectivity index (χ1v) is 26.4. The zero-order valence-corrected chi connectivity index (χ0v) is 41.2. The van der Waals surface area contributed by atoms with Gasteiger partial charge < -0.3 is 29.4 Å². The molecule has 0 saturated heterocycles. The van der Waals surface area contributed by atoms with Crippen LogP contribution < -0.4 is 62.2 Å². The van der Waals surface area contributed by atoms with Crippen molar-refractivity contribution in [3.63, 3.8) is 0 Å². The molecule has 0 N–H and O–H groups in total. The molecule has 0 fully saturated rings. The van der Waals surface area contributed by atoms with E-state index >= 15 is 0 Å². The summed E-state index contributed by atoms with van der Waals surface area (Å²) in [4.78, 5) is 15.8. The highest BCUT2D eigenvalue weighted by molar-refractivity contribution is 7.06. The quantitative estimate of drug-likeness (QED) is 0.154. The zero-order chi connectivity index (χ0) is 49.0. The Kier molecular flexibility index (Phi) is 8.40. The van der Waals surface area contributed by atoms with Crippen LogP contribution in [0.5, 0.6) is 0 Å². The molecule has 75 heavy (non-hydrogen) atoms. The van der Waals surface area contributed by atoms with Crippen LogP contribution in [0.2, 0.25) is 0 Å². The molecule has 0 saturated carbocycles. The van der Waals surface area contributed by atoms with Gasteiger partial charge in [-0.15, -0.1) is 0 Å². The second-order valence-electron chi connectivity index (χ2n) is 20.8. The molecular weight excluding hydrogens is 910 g/mol. The Morgan fingerprint density at radius 1 is 0.267 bits per heavy atom. The second kappa shape index (κ2) is 15.3. The number of rotatable bonds is 6. The fourth-order valence-corrected chi connectivity index (χ4v) is 14.3. The number of benzene rings is 10. The third kappa shape index (κ3) is 5.35. The van der Waals surface area contributed by atoms with E-state index < -0.39 is 0 Å². The highest BCUT2D eigenvalue weighted by atomic mass is 15.3. The molecule has 6 nitrogen and oxygen atoms in total. The van der Waals surface area contributed by atoms with E-state index in [0.29, 0.717) is 0 Å². The normalized spacial score (nSPS) is 17.1. The van der Waals surface area contributed by atoms with Gasteiger partial charge in [0.1, 0.15) is 0 Å². The van der Waals surface area contributed by atoms with Gasteiger partial charge in [0, 0.05) is 73.9 Å². The van der Waals surface area contributed by atoms with Crippen molar-refractivity contribution in [3.8, 4) is 0 Å². The number of anilines is 17. The molecular formula is C67H46B2N6. The lowest BCUT2D eigenvalue weighted by Crippen LogP contribution is -2.70. The Labute approximate surface area is 437 Å². The maximum Gasteiger partial charge on any atom is 0.257 e. The zero-order valence-electron chi connectivity index (χ0n) is 41.2. The van der Waals surface area contributed by atoms with Gasteiger partial charge in [0.05, 0.1) is 28.8 Å². The van der Waals surface area contributed by atoms with E-state index in [0.717, 1.165) is 28.4 Å². The van der Waals surface area contributed by atoms with E-state index in [1.165, 1.54) is 101 Å². The molecule has 6 heterocycles. The van der Waals surface area contributed by atoms with Gasteiger partial charge in [0.2, 0.25) is 0 Å². The largest absolute Gasteiger partial charge is 0.333 e. The molecule has 8 heteroatoms. The fourth-order valence-electron chi connectivity index (χ4n) is 14.3. The lowest BCUT2D eigenvalue weighted by molar-refractivity contribution is 0.610. The standard InChI is InChI=1S/C67H46B2N6/c1-43-23-17-18-34-49(43)75-57-42-22-38-53-61(57)69-60-52(71(53)45-26-9-3-10-27-45)37-20-40-55(60)73(47-30-13-5-14-31-47)65-63(69)67(75)66-62-64(65)72(46-28-11-4-12-29-46)54-39-19-35-50-58(54)68(62)59-51(70(50)44-24-7-2-8-25-44)36-21-41-56(59)74(66)48-32-15-6-16-33-48/h2-43,49H,1H3. The van der Waals surface area contributed by atoms with E-state index in [-0.39, 0.29) is 25.4 Å². The van der Waals surface area contributed by atoms with Crippen LogP contribution in [0.3, 0.4) is 0 Å². The van der Waals surface area contributed by atoms with Crippen molar-refractivity contribution < 1.29 is 0 Å². The third-order valence-corrected chi connectivity index (χ3v) is 17.0. The molecule has 0 bridgehead atoms. The van der Waals surface area contributed by atoms with Crippen molar-refractivity contribution in [1.29, 1.82) is 0 Å². The Bertz CT molecular complexity index is 4070. The van der Waals surface area contributed by atoms with Gasteiger partial charge >= 0.3 is 0 Å². The van der Waals surface area contributed by atoms with Crippen LogP contribution in [-0.2, 0) is 0 Å². The molecule has 10 aromatic rings. The second-order valence-corrected chi connectivity index (χ2v) is 20.8. The number of hydrogen-bond acceptors (Lipinski definition) is 6. The SMILES string of the molecule is CC1C=CC=CC1N1c2cccc3c2B2c4c(cccc4N(c4ccccc4)c4c2c1c1c2c4N(c4ccccc4)c4cccc5c4B2c2c(cccc2N1c1ccccc1)N5c1ccccc1)N3c1ccccc1. The van der Waals surface area contributed by atoms with Crippen molar-refractivity contribution >= 4 is 143 Å². The van der Waals surface area contributed by atoms with Crippen LogP contribution >= 0.6 is 0 Å². The van der Waals surface area contributed by atoms with Crippen molar-refractivity contribution in [2.75, 3.05) is 29.4 Å². The summed E-state index contributed by atoms with van der Waals surface area (Å²) in [6.45, 7) is 2.17. The molecule has 7 aliphatic rings.